The quantitative estimate of drug-likeness (QED) is 0.883. The van der Waals surface area contributed by atoms with Gasteiger partial charge in [0.2, 0.25) is 6.43 Å². The molecule has 1 unspecified atom stereocenters. The van der Waals surface area contributed by atoms with Crippen molar-refractivity contribution < 1.29 is 8.78 Å². The summed E-state index contributed by atoms with van der Waals surface area (Å²) in [5.74, 6) is -1.14. The molecule has 0 aliphatic carbocycles. The molecule has 1 atom stereocenters. The highest BCUT2D eigenvalue weighted by molar-refractivity contribution is 6.34. The molecule has 0 amide bonds. The number of pyridine rings is 1. The molecule has 1 aromatic rings. The molecule has 14 heavy (non-hydrogen) atoms. The highest BCUT2D eigenvalue weighted by atomic mass is 35.5. The summed E-state index contributed by atoms with van der Waals surface area (Å²) in [6.07, 6.45) is -1.31. The van der Waals surface area contributed by atoms with Crippen molar-refractivity contribution in [2.45, 2.75) is 12.3 Å². The van der Waals surface area contributed by atoms with Crippen LogP contribution in [0.15, 0.2) is 12.3 Å². The number of aromatic nitrogens is 1. The zero-order valence-corrected chi connectivity index (χ0v) is 8.56. The summed E-state index contributed by atoms with van der Waals surface area (Å²) in [5, 5.41) is 0.428. The number of hydrogen-bond donors (Lipinski definition) is 1. The third-order valence-electron chi connectivity index (χ3n) is 1.75. The van der Waals surface area contributed by atoms with Crippen LogP contribution in [-0.2, 0) is 0 Å². The Kier molecular flexibility index (Phi) is 4.04. The lowest BCUT2D eigenvalue weighted by Crippen LogP contribution is -2.21. The lowest BCUT2D eigenvalue weighted by atomic mass is 10.1. The van der Waals surface area contributed by atoms with Crippen LogP contribution < -0.4 is 5.73 Å². The summed E-state index contributed by atoms with van der Waals surface area (Å²) in [4.78, 5) is 3.75. The maximum Gasteiger partial charge on any atom is 0.248 e. The first kappa shape index (κ1) is 11.6. The van der Waals surface area contributed by atoms with Crippen LogP contribution in [0.25, 0.3) is 0 Å². The molecule has 0 saturated carbocycles. The van der Waals surface area contributed by atoms with Gasteiger partial charge in [0.05, 0.1) is 21.7 Å². The first-order valence-corrected chi connectivity index (χ1v) is 4.61. The highest BCUT2D eigenvalue weighted by Gasteiger charge is 2.24. The van der Waals surface area contributed by atoms with Crippen LogP contribution in [0, 0.1) is 0 Å². The molecule has 0 saturated heterocycles. The number of halogens is 4. The number of alkyl halides is 2. The molecular formula is C8H8Cl2F2N2. The van der Waals surface area contributed by atoms with E-state index in [1.807, 2.05) is 0 Å². The number of nitrogens with two attached hydrogens (primary N) is 1. The zero-order chi connectivity index (χ0) is 10.7. The Hall–Kier alpha value is -0.450. The molecule has 0 aromatic carbocycles. The summed E-state index contributed by atoms with van der Waals surface area (Å²) in [7, 11) is 0. The van der Waals surface area contributed by atoms with Gasteiger partial charge < -0.3 is 5.73 Å². The summed E-state index contributed by atoms with van der Waals surface area (Å²) < 4.78 is 24.9. The fourth-order valence-corrected chi connectivity index (χ4v) is 1.55. The maximum absolute atomic E-state index is 12.5. The lowest BCUT2D eigenvalue weighted by molar-refractivity contribution is 0.115. The molecular weight excluding hydrogens is 233 g/mol. The monoisotopic (exact) mass is 240 g/mol. The normalized spacial score (nSPS) is 13.3. The Morgan fingerprint density at radius 1 is 1.43 bits per heavy atom. The Balaban J connectivity index is 3.04. The van der Waals surface area contributed by atoms with Crippen molar-refractivity contribution in [2.24, 2.45) is 5.73 Å². The number of hydrogen-bond acceptors (Lipinski definition) is 2. The molecule has 0 radical (unpaired) electrons. The van der Waals surface area contributed by atoms with Gasteiger partial charge in [0.15, 0.2) is 0 Å². The van der Waals surface area contributed by atoms with Crippen LogP contribution >= 0.6 is 23.2 Å². The highest BCUT2D eigenvalue weighted by Crippen LogP contribution is 2.28. The van der Waals surface area contributed by atoms with Crippen molar-refractivity contribution in [2.75, 3.05) is 6.54 Å². The van der Waals surface area contributed by atoms with Gasteiger partial charge in [0.25, 0.3) is 0 Å². The van der Waals surface area contributed by atoms with Crippen LogP contribution in [0.5, 0.6) is 0 Å². The fraction of sp³-hybridized carbons (Fsp3) is 0.375. The summed E-state index contributed by atoms with van der Waals surface area (Å²) >= 11 is 11.3. The van der Waals surface area contributed by atoms with Crippen molar-refractivity contribution in [1.82, 2.24) is 4.98 Å². The average molecular weight is 241 g/mol. The smallest absolute Gasteiger partial charge is 0.248 e. The second-order valence-corrected chi connectivity index (χ2v) is 3.54. The minimum Gasteiger partial charge on any atom is -0.330 e. The molecule has 0 bridgehead atoms. The molecule has 0 aliphatic heterocycles. The van der Waals surface area contributed by atoms with E-state index in [0.717, 1.165) is 0 Å². The molecule has 1 aromatic heterocycles. The third-order valence-corrected chi connectivity index (χ3v) is 2.26. The number of nitrogens with zero attached hydrogens (tertiary/aromatic N) is 1. The Bertz CT molecular complexity index is 320. The van der Waals surface area contributed by atoms with E-state index >= 15 is 0 Å². The van der Waals surface area contributed by atoms with Gasteiger partial charge in [-0.15, -0.1) is 0 Å². The van der Waals surface area contributed by atoms with Gasteiger partial charge in [-0.25, -0.2) is 8.78 Å². The van der Waals surface area contributed by atoms with Gasteiger partial charge in [-0.05, 0) is 6.07 Å². The largest absolute Gasteiger partial charge is 0.330 e. The minimum absolute atomic E-state index is 0.0913. The molecule has 2 N–H and O–H groups in total. The molecule has 1 rings (SSSR count). The molecule has 6 heteroatoms. The molecule has 2 nitrogen and oxygen atoms in total. The lowest BCUT2D eigenvalue weighted by Gasteiger charge is -2.14. The SMILES string of the molecule is NCC(c1ncc(Cl)cc1Cl)C(F)F. The van der Waals surface area contributed by atoms with Crippen molar-refractivity contribution in [3.63, 3.8) is 0 Å². The molecule has 0 aliphatic rings. The topological polar surface area (TPSA) is 38.9 Å². The van der Waals surface area contributed by atoms with Crippen molar-refractivity contribution in [3.05, 3.63) is 28.0 Å². The predicted octanol–water partition coefficient (Wildman–Crippen LogP) is 2.70. The fourth-order valence-electron chi connectivity index (χ4n) is 1.03. The van der Waals surface area contributed by atoms with Crippen LogP contribution in [0.3, 0.4) is 0 Å². The van der Waals surface area contributed by atoms with E-state index in [2.05, 4.69) is 4.98 Å². The van der Waals surface area contributed by atoms with Gasteiger partial charge in [-0.1, -0.05) is 23.2 Å². The van der Waals surface area contributed by atoms with Gasteiger partial charge in [0, 0.05) is 12.7 Å². The zero-order valence-electron chi connectivity index (χ0n) is 7.05. The van der Waals surface area contributed by atoms with Gasteiger partial charge >= 0.3 is 0 Å². The Morgan fingerprint density at radius 3 is 2.50 bits per heavy atom. The first-order valence-electron chi connectivity index (χ1n) is 3.85. The standard InChI is InChI=1S/C8H8Cl2F2N2/c9-4-1-6(10)7(14-3-4)5(2-13)8(11)12/h1,3,5,8H,2,13H2. The predicted molar refractivity (Wildman–Crippen MR) is 52.1 cm³/mol. The second-order valence-electron chi connectivity index (χ2n) is 2.70. The molecule has 78 valence electrons. The van der Waals surface area contributed by atoms with Crippen LogP contribution in [0.1, 0.15) is 11.6 Å². The molecule has 1 heterocycles. The van der Waals surface area contributed by atoms with Gasteiger partial charge in [0.1, 0.15) is 0 Å². The Labute approximate surface area is 90.0 Å². The second kappa shape index (κ2) is 4.87. The van der Waals surface area contributed by atoms with Gasteiger partial charge in [-0.3, -0.25) is 4.98 Å². The summed E-state index contributed by atoms with van der Waals surface area (Å²) in [6, 6.07) is 1.37. The van der Waals surface area contributed by atoms with E-state index in [1.165, 1.54) is 12.3 Å². The number of rotatable bonds is 3. The average Bonchev–Trinajstić information content (AvgIpc) is 2.09. The van der Waals surface area contributed by atoms with Crippen LogP contribution in [0.2, 0.25) is 10.0 Å². The van der Waals surface area contributed by atoms with E-state index in [9.17, 15) is 8.78 Å². The van der Waals surface area contributed by atoms with Gasteiger partial charge in [-0.2, -0.15) is 0 Å². The van der Waals surface area contributed by atoms with Crippen molar-refractivity contribution in [3.8, 4) is 0 Å². The minimum atomic E-state index is -2.58. The summed E-state index contributed by atoms with van der Waals surface area (Å²) in [6.45, 7) is -0.202. The molecule has 0 fully saturated rings. The molecule has 0 spiro atoms. The van der Waals surface area contributed by atoms with E-state index in [0.29, 0.717) is 5.02 Å². The maximum atomic E-state index is 12.5. The van der Waals surface area contributed by atoms with E-state index < -0.39 is 12.3 Å². The van der Waals surface area contributed by atoms with E-state index in [-0.39, 0.29) is 17.3 Å². The third kappa shape index (κ3) is 2.53. The van der Waals surface area contributed by atoms with Crippen LogP contribution in [-0.4, -0.2) is 18.0 Å². The van der Waals surface area contributed by atoms with Crippen LogP contribution in [0.4, 0.5) is 8.78 Å². The first-order chi connectivity index (χ1) is 6.56. The van der Waals surface area contributed by atoms with Crippen molar-refractivity contribution in [1.29, 1.82) is 0 Å². The Morgan fingerprint density at radius 2 is 2.07 bits per heavy atom. The van der Waals surface area contributed by atoms with E-state index in [1.54, 1.807) is 0 Å². The van der Waals surface area contributed by atoms with Crippen molar-refractivity contribution >= 4 is 23.2 Å². The summed E-state index contributed by atoms with van der Waals surface area (Å²) in [5.41, 5.74) is 5.29. The van der Waals surface area contributed by atoms with E-state index in [4.69, 9.17) is 28.9 Å².